The van der Waals surface area contributed by atoms with Gasteiger partial charge in [-0.1, -0.05) is 50.7 Å². The predicted molar refractivity (Wildman–Crippen MR) is 155 cm³/mol. The summed E-state index contributed by atoms with van der Waals surface area (Å²) in [6, 6.07) is 2.11. The molecule has 2 aliphatic rings. The largest absolute Gasteiger partial charge is 0.481 e. The van der Waals surface area contributed by atoms with E-state index in [2.05, 4.69) is 29.7 Å². The van der Waals surface area contributed by atoms with Crippen molar-refractivity contribution in [1.29, 1.82) is 5.26 Å². The monoisotopic (exact) mass is 559 g/mol. The summed E-state index contributed by atoms with van der Waals surface area (Å²) in [5.74, 6) is -0.239. The van der Waals surface area contributed by atoms with Crippen LogP contribution < -0.4 is 10.5 Å². The van der Waals surface area contributed by atoms with Crippen molar-refractivity contribution >= 4 is 52.1 Å². The summed E-state index contributed by atoms with van der Waals surface area (Å²) in [6.45, 7) is 11.2. The number of aliphatic carboxylic acids is 1. The molecule has 38 heavy (non-hydrogen) atoms. The van der Waals surface area contributed by atoms with E-state index in [9.17, 15) is 19.6 Å². The fourth-order valence-corrected chi connectivity index (χ4v) is 6.12. The number of unbranched alkanes of at least 4 members (excludes halogenated alkanes) is 3. The van der Waals surface area contributed by atoms with Gasteiger partial charge in [-0.25, -0.2) is 0 Å². The molecule has 0 aliphatic carbocycles. The van der Waals surface area contributed by atoms with Crippen LogP contribution in [0.5, 0.6) is 0 Å². The van der Waals surface area contributed by atoms with Gasteiger partial charge in [-0.05, 0) is 44.4 Å². The SMILES string of the molecule is CCCCn1c(N2CCN(CC)CC2)c(/C=C2\SC(=S)N(CCCCCC(=O)O)C2=O)c(C)c(C#N)c1=O. The molecular formula is C27H37N5O4S2. The number of amides is 1. The Morgan fingerprint density at radius 2 is 1.82 bits per heavy atom. The molecule has 3 heterocycles. The molecule has 1 aromatic rings. The van der Waals surface area contributed by atoms with E-state index in [1.807, 2.05) is 6.08 Å². The molecule has 0 atom stereocenters. The van der Waals surface area contributed by atoms with Crippen LogP contribution in [-0.4, -0.2) is 74.9 Å². The molecule has 1 amide bonds. The fourth-order valence-electron chi connectivity index (χ4n) is 4.83. The summed E-state index contributed by atoms with van der Waals surface area (Å²) in [5.41, 5.74) is 1.14. The first-order chi connectivity index (χ1) is 18.2. The molecule has 0 radical (unpaired) electrons. The lowest BCUT2D eigenvalue weighted by molar-refractivity contribution is -0.137. The van der Waals surface area contributed by atoms with Gasteiger partial charge in [0.1, 0.15) is 21.8 Å². The van der Waals surface area contributed by atoms with Crippen molar-refractivity contribution in [2.75, 3.05) is 44.2 Å². The van der Waals surface area contributed by atoms with Crippen LogP contribution in [-0.2, 0) is 16.1 Å². The summed E-state index contributed by atoms with van der Waals surface area (Å²) < 4.78 is 2.20. The molecule has 11 heteroatoms. The minimum Gasteiger partial charge on any atom is -0.481 e. The van der Waals surface area contributed by atoms with Gasteiger partial charge in [0.2, 0.25) is 0 Å². The van der Waals surface area contributed by atoms with Crippen molar-refractivity contribution in [3.05, 3.63) is 31.9 Å². The van der Waals surface area contributed by atoms with Gasteiger partial charge in [0, 0.05) is 51.3 Å². The lowest BCUT2D eigenvalue weighted by atomic mass is 10.0. The number of hydrogen-bond donors (Lipinski definition) is 1. The first kappa shape index (κ1) is 29.9. The molecule has 0 unspecified atom stereocenters. The van der Waals surface area contributed by atoms with Crippen LogP contribution in [0.2, 0.25) is 0 Å². The lowest BCUT2D eigenvalue weighted by Gasteiger charge is -2.37. The number of nitriles is 1. The number of aromatic nitrogens is 1. The molecule has 0 saturated carbocycles. The Kier molecular flexibility index (Phi) is 10.9. The Balaban J connectivity index is 2.00. The molecule has 2 fully saturated rings. The molecule has 0 bridgehead atoms. The number of anilines is 1. The van der Waals surface area contributed by atoms with E-state index >= 15 is 0 Å². The summed E-state index contributed by atoms with van der Waals surface area (Å²) in [7, 11) is 0. The number of nitrogens with zero attached hydrogens (tertiary/aromatic N) is 5. The number of pyridine rings is 1. The van der Waals surface area contributed by atoms with Crippen LogP contribution >= 0.6 is 24.0 Å². The van der Waals surface area contributed by atoms with Crippen molar-refractivity contribution in [2.24, 2.45) is 0 Å². The van der Waals surface area contributed by atoms with Crippen LogP contribution in [0, 0.1) is 18.3 Å². The van der Waals surface area contributed by atoms with Gasteiger partial charge in [0.15, 0.2) is 0 Å². The molecule has 9 nitrogen and oxygen atoms in total. The van der Waals surface area contributed by atoms with E-state index < -0.39 is 5.97 Å². The average molecular weight is 560 g/mol. The Hall–Kier alpha value is -2.68. The number of likely N-dealkylation sites (N-methyl/N-ethyl adjacent to an activating group) is 1. The van der Waals surface area contributed by atoms with Crippen molar-refractivity contribution in [1.82, 2.24) is 14.4 Å². The van der Waals surface area contributed by atoms with Crippen LogP contribution in [0.15, 0.2) is 9.70 Å². The maximum Gasteiger partial charge on any atom is 0.303 e. The van der Waals surface area contributed by atoms with Gasteiger partial charge < -0.3 is 14.9 Å². The number of thioether (sulfide) groups is 1. The molecule has 0 aromatic carbocycles. The van der Waals surface area contributed by atoms with E-state index in [-0.39, 0.29) is 23.5 Å². The molecule has 0 spiro atoms. The zero-order valence-electron chi connectivity index (χ0n) is 22.5. The third-order valence-corrected chi connectivity index (χ3v) is 8.50. The Morgan fingerprint density at radius 1 is 1.11 bits per heavy atom. The van der Waals surface area contributed by atoms with Gasteiger partial charge in [-0.3, -0.25) is 23.9 Å². The molecule has 1 N–H and O–H groups in total. The van der Waals surface area contributed by atoms with Crippen molar-refractivity contribution in [3.63, 3.8) is 0 Å². The molecule has 1 aromatic heterocycles. The van der Waals surface area contributed by atoms with Gasteiger partial charge >= 0.3 is 5.97 Å². The molecule has 206 valence electrons. The molecule has 2 aliphatic heterocycles. The quantitative estimate of drug-likeness (QED) is 0.232. The number of carboxylic acids is 1. The van der Waals surface area contributed by atoms with E-state index in [0.717, 1.165) is 56.9 Å². The third-order valence-electron chi connectivity index (χ3n) is 7.12. The first-order valence-corrected chi connectivity index (χ1v) is 14.6. The highest BCUT2D eigenvalue weighted by atomic mass is 32.2. The topological polar surface area (TPSA) is 110 Å². The second-order valence-electron chi connectivity index (χ2n) is 9.62. The summed E-state index contributed by atoms with van der Waals surface area (Å²) in [4.78, 5) is 44.1. The zero-order chi connectivity index (χ0) is 27.8. The summed E-state index contributed by atoms with van der Waals surface area (Å²) in [5, 5.41) is 18.7. The molecular weight excluding hydrogens is 522 g/mol. The summed E-state index contributed by atoms with van der Waals surface area (Å²) >= 11 is 6.74. The summed E-state index contributed by atoms with van der Waals surface area (Å²) in [6.07, 6.45) is 5.56. The van der Waals surface area contributed by atoms with Crippen molar-refractivity contribution in [2.45, 2.75) is 65.8 Å². The maximum atomic E-state index is 13.4. The third kappa shape index (κ3) is 6.84. The Morgan fingerprint density at radius 3 is 2.42 bits per heavy atom. The maximum absolute atomic E-state index is 13.4. The number of carboxylic acid groups (broad SMARTS) is 1. The Labute approximate surface area is 234 Å². The first-order valence-electron chi connectivity index (χ1n) is 13.3. The number of hydrogen-bond acceptors (Lipinski definition) is 8. The van der Waals surface area contributed by atoms with Crippen LogP contribution in [0.1, 0.15) is 69.1 Å². The van der Waals surface area contributed by atoms with Crippen LogP contribution in [0.25, 0.3) is 6.08 Å². The van der Waals surface area contributed by atoms with E-state index in [4.69, 9.17) is 17.3 Å². The van der Waals surface area contributed by atoms with E-state index in [0.29, 0.717) is 47.1 Å². The highest BCUT2D eigenvalue weighted by Gasteiger charge is 2.33. The van der Waals surface area contributed by atoms with Gasteiger partial charge in [-0.2, -0.15) is 5.26 Å². The molecule has 3 rings (SSSR count). The van der Waals surface area contributed by atoms with Gasteiger partial charge in [0.05, 0.1) is 4.91 Å². The smallest absolute Gasteiger partial charge is 0.303 e. The number of carbonyl (C=O) groups is 2. The second kappa shape index (κ2) is 13.9. The Bertz CT molecular complexity index is 1200. The minimum atomic E-state index is -0.821. The van der Waals surface area contributed by atoms with E-state index in [1.54, 1.807) is 16.4 Å². The minimum absolute atomic E-state index is 0.109. The second-order valence-corrected chi connectivity index (χ2v) is 11.3. The standard InChI is InChI=1S/C27H37N5O4S2/c1-4-6-11-31-24(30-15-13-29(5-2)14-16-30)20(19(3)21(18-28)25(31)35)17-22-26(36)32(27(37)38-22)12-9-7-8-10-23(33)34/h17H,4-16H2,1-3H3,(H,33,34)/b22-17-. The fraction of sp³-hybridized carbons (Fsp3) is 0.593. The van der Waals surface area contributed by atoms with Crippen molar-refractivity contribution in [3.8, 4) is 6.07 Å². The van der Waals surface area contributed by atoms with E-state index in [1.165, 1.54) is 11.8 Å². The highest BCUT2D eigenvalue weighted by Crippen LogP contribution is 2.36. The van der Waals surface area contributed by atoms with Crippen LogP contribution in [0.4, 0.5) is 5.82 Å². The lowest BCUT2D eigenvalue weighted by Crippen LogP contribution is -2.48. The van der Waals surface area contributed by atoms with Gasteiger partial charge in [0.25, 0.3) is 11.5 Å². The average Bonchev–Trinajstić information content (AvgIpc) is 3.16. The van der Waals surface area contributed by atoms with Crippen molar-refractivity contribution < 1.29 is 14.7 Å². The number of thiocarbonyl (C=S) groups is 1. The molecule has 2 saturated heterocycles. The van der Waals surface area contributed by atoms with Gasteiger partial charge in [-0.15, -0.1) is 0 Å². The normalized spacial score (nSPS) is 17.5. The number of piperazine rings is 1. The van der Waals surface area contributed by atoms with Crippen LogP contribution in [0.3, 0.4) is 0 Å². The predicted octanol–water partition coefficient (Wildman–Crippen LogP) is 3.82. The zero-order valence-corrected chi connectivity index (χ0v) is 24.1. The number of carbonyl (C=O) groups excluding carboxylic acids is 1. The highest BCUT2D eigenvalue weighted by molar-refractivity contribution is 8.26. The number of rotatable bonds is 12.